The van der Waals surface area contributed by atoms with E-state index >= 15 is 0 Å². The van der Waals surface area contributed by atoms with E-state index in [2.05, 4.69) is 11.9 Å². The minimum atomic E-state index is 0.304. The van der Waals surface area contributed by atoms with Crippen LogP contribution in [0.4, 0.5) is 0 Å². The zero-order valence-corrected chi connectivity index (χ0v) is 7.59. The Morgan fingerprint density at radius 2 is 2.00 bits per heavy atom. The molecule has 1 unspecified atom stereocenters. The molecule has 0 aliphatic heterocycles. The molecule has 0 aromatic heterocycles. The van der Waals surface area contributed by atoms with E-state index in [0.717, 1.165) is 12.8 Å². The first-order chi connectivity index (χ1) is 4.81. The van der Waals surface area contributed by atoms with Gasteiger partial charge in [-0.3, -0.25) is 0 Å². The molecule has 62 valence electrons. The third kappa shape index (κ3) is 10.6. The first-order valence-electron chi connectivity index (χ1n) is 3.97. The highest BCUT2D eigenvalue weighted by molar-refractivity contribution is 5.57. The summed E-state index contributed by atoms with van der Waals surface area (Å²) in [5, 5.41) is 0. The summed E-state index contributed by atoms with van der Waals surface area (Å²) in [6.07, 6.45) is 3.80. The molecule has 0 rings (SSSR count). The van der Waals surface area contributed by atoms with Gasteiger partial charge >= 0.3 is 0 Å². The highest BCUT2D eigenvalue weighted by atomic mass is 14.7. The lowest BCUT2D eigenvalue weighted by Crippen LogP contribution is -2.18. The topological polar surface area (TPSA) is 38.4 Å². The molecule has 0 bridgehead atoms. The average Bonchev–Trinajstić information content (AvgIpc) is 2.04. The Labute approximate surface area is 64.5 Å². The number of nitrogens with two attached hydrogens (primary N) is 1. The normalized spacial score (nSPS) is 12.5. The number of hydrogen-bond acceptors (Lipinski definition) is 2. The molecule has 2 N–H and O–H groups in total. The van der Waals surface area contributed by atoms with Crippen molar-refractivity contribution in [3.05, 3.63) is 0 Å². The first-order valence-corrected chi connectivity index (χ1v) is 3.97. The maximum absolute atomic E-state index is 5.57. The van der Waals surface area contributed by atoms with Crippen molar-refractivity contribution in [1.29, 1.82) is 0 Å². The summed E-state index contributed by atoms with van der Waals surface area (Å²) in [5.41, 5.74) is 5.57. The van der Waals surface area contributed by atoms with Crippen molar-refractivity contribution >= 4 is 6.21 Å². The lowest BCUT2D eigenvalue weighted by Gasteiger charge is -2.00. The van der Waals surface area contributed by atoms with Gasteiger partial charge in [0, 0.05) is 13.1 Å². The second-order valence-corrected chi connectivity index (χ2v) is 1.84. The number of rotatable bonds is 3. The molecule has 1 atom stereocenters. The van der Waals surface area contributed by atoms with Crippen LogP contribution in [-0.4, -0.2) is 19.3 Å². The minimum absolute atomic E-state index is 0.304. The predicted molar refractivity (Wildman–Crippen MR) is 48.6 cm³/mol. The second-order valence-electron chi connectivity index (χ2n) is 1.84. The second kappa shape index (κ2) is 11.4. The van der Waals surface area contributed by atoms with Gasteiger partial charge in [-0.05, 0) is 19.1 Å². The Morgan fingerprint density at radius 3 is 2.30 bits per heavy atom. The molecule has 0 aromatic carbocycles. The largest absolute Gasteiger partial charge is 0.327 e. The van der Waals surface area contributed by atoms with Crippen LogP contribution in [0.25, 0.3) is 0 Å². The molecule has 2 heteroatoms. The molecule has 0 aliphatic carbocycles. The van der Waals surface area contributed by atoms with Gasteiger partial charge in [-0.2, -0.15) is 0 Å². The average molecular weight is 144 g/mol. The van der Waals surface area contributed by atoms with Gasteiger partial charge < -0.3 is 10.7 Å². The van der Waals surface area contributed by atoms with Crippen LogP contribution in [0.15, 0.2) is 4.99 Å². The summed E-state index contributed by atoms with van der Waals surface area (Å²) < 4.78 is 0. The fourth-order valence-electron chi connectivity index (χ4n) is 0.407. The molecule has 0 amide bonds. The highest BCUT2D eigenvalue weighted by Gasteiger charge is 1.92. The molecule has 0 aliphatic rings. The van der Waals surface area contributed by atoms with E-state index in [0.29, 0.717) is 6.04 Å². The van der Waals surface area contributed by atoms with E-state index < -0.39 is 0 Å². The third-order valence-corrected chi connectivity index (χ3v) is 1.12. The van der Waals surface area contributed by atoms with Crippen molar-refractivity contribution in [2.75, 3.05) is 7.05 Å². The van der Waals surface area contributed by atoms with E-state index in [-0.39, 0.29) is 0 Å². The van der Waals surface area contributed by atoms with E-state index in [4.69, 9.17) is 5.73 Å². The van der Waals surface area contributed by atoms with E-state index in [1.807, 2.05) is 20.1 Å². The van der Waals surface area contributed by atoms with Crippen molar-refractivity contribution in [2.24, 2.45) is 10.7 Å². The van der Waals surface area contributed by atoms with E-state index in [9.17, 15) is 0 Å². The monoisotopic (exact) mass is 144 g/mol. The third-order valence-electron chi connectivity index (χ3n) is 1.12. The van der Waals surface area contributed by atoms with E-state index in [1.54, 1.807) is 7.05 Å². The Hall–Kier alpha value is -0.370. The molecule has 0 saturated carbocycles. The number of nitrogens with zero attached hydrogens (tertiary/aromatic N) is 1. The summed E-state index contributed by atoms with van der Waals surface area (Å²) in [4.78, 5) is 3.82. The first kappa shape index (κ1) is 12.3. The molecular weight excluding hydrogens is 124 g/mol. The summed E-state index contributed by atoms with van der Waals surface area (Å²) >= 11 is 0. The van der Waals surface area contributed by atoms with E-state index in [1.165, 1.54) is 0 Å². The molecule has 0 fully saturated rings. The van der Waals surface area contributed by atoms with Crippen LogP contribution < -0.4 is 5.73 Å². The van der Waals surface area contributed by atoms with Gasteiger partial charge in [-0.1, -0.05) is 20.8 Å². The van der Waals surface area contributed by atoms with Gasteiger partial charge in [0.05, 0.1) is 0 Å². The Morgan fingerprint density at radius 1 is 1.50 bits per heavy atom. The lowest BCUT2D eigenvalue weighted by molar-refractivity contribution is 0.680. The molecule has 0 spiro atoms. The number of aliphatic imine (C=N–C) groups is 1. The summed E-state index contributed by atoms with van der Waals surface area (Å²) in [7, 11) is 1.77. The minimum Gasteiger partial charge on any atom is -0.327 e. The maximum Gasteiger partial charge on any atom is 0.0273 e. The molecule has 0 saturated heterocycles. The summed E-state index contributed by atoms with van der Waals surface area (Å²) in [6, 6.07) is 0.304. The van der Waals surface area contributed by atoms with Crippen molar-refractivity contribution < 1.29 is 0 Å². The van der Waals surface area contributed by atoms with Gasteiger partial charge in [0.2, 0.25) is 0 Å². The van der Waals surface area contributed by atoms with Gasteiger partial charge in [-0.15, -0.1) is 0 Å². The number of hydrogen-bond donors (Lipinski definition) is 1. The SMILES string of the molecule is CC.CCC(N)CC=NC. The summed E-state index contributed by atoms with van der Waals surface area (Å²) in [5.74, 6) is 0. The summed E-state index contributed by atoms with van der Waals surface area (Å²) in [6.45, 7) is 6.08. The zero-order valence-electron chi connectivity index (χ0n) is 7.59. The molecular formula is C8H20N2. The van der Waals surface area contributed by atoms with Gasteiger partial charge in [-0.25, -0.2) is 0 Å². The van der Waals surface area contributed by atoms with Crippen LogP contribution in [0.5, 0.6) is 0 Å². The Kier molecular flexibility index (Phi) is 14.1. The molecule has 10 heavy (non-hydrogen) atoms. The van der Waals surface area contributed by atoms with Crippen LogP contribution in [-0.2, 0) is 0 Å². The quantitative estimate of drug-likeness (QED) is 0.603. The van der Waals surface area contributed by atoms with Crippen LogP contribution >= 0.6 is 0 Å². The predicted octanol–water partition coefficient (Wildman–Crippen LogP) is 1.84. The van der Waals surface area contributed by atoms with Crippen LogP contribution in [0, 0.1) is 0 Å². The maximum atomic E-state index is 5.57. The van der Waals surface area contributed by atoms with Crippen molar-refractivity contribution in [2.45, 2.75) is 39.7 Å². The highest BCUT2D eigenvalue weighted by Crippen LogP contribution is 1.88. The van der Waals surface area contributed by atoms with Crippen molar-refractivity contribution in [3.8, 4) is 0 Å². The van der Waals surface area contributed by atoms with Gasteiger partial charge in [0.1, 0.15) is 0 Å². The lowest BCUT2D eigenvalue weighted by atomic mass is 10.2. The molecule has 0 heterocycles. The smallest absolute Gasteiger partial charge is 0.0273 e. The molecule has 2 nitrogen and oxygen atoms in total. The standard InChI is InChI=1S/C6H14N2.C2H6/c1-3-6(7)4-5-8-2;1-2/h5-6H,3-4,7H2,1-2H3;1-2H3. The fourth-order valence-corrected chi connectivity index (χ4v) is 0.407. The zero-order chi connectivity index (χ0) is 8.41. The molecule has 0 radical (unpaired) electrons. The van der Waals surface area contributed by atoms with Crippen LogP contribution in [0.2, 0.25) is 0 Å². The Bertz CT molecular complexity index is 69.7. The van der Waals surface area contributed by atoms with Gasteiger partial charge in [0.25, 0.3) is 0 Å². The fraction of sp³-hybridized carbons (Fsp3) is 0.875. The Balaban J connectivity index is 0. The van der Waals surface area contributed by atoms with Gasteiger partial charge in [0.15, 0.2) is 0 Å². The molecule has 0 aromatic rings. The van der Waals surface area contributed by atoms with Crippen molar-refractivity contribution in [1.82, 2.24) is 0 Å². The van der Waals surface area contributed by atoms with Crippen LogP contribution in [0.3, 0.4) is 0 Å². The van der Waals surface area contributed by atoms with Crippen LogP contribution in [0.1, 0.15) is 33.6 Å². The van der Waals surface area contributed by atoms with Crippen molar-refractivity contribution in [3.63, 3.8) is 0 Å².